The van der Waals surface area contributed by atoms with Crippen molar-refractivity contribution in [1.82, 2.24) is 25.5 Å². The normalized spacial score (nSPS) is 20.9. The van der Waals surface area contributed by atoms with E-state index in [2.05, 4.69) is 64.8 Å². The molecule has 7 nitrogen and oxygen atoms in total. The second kappa shape index (κ2) is 10.1. The van der Waals surface area contributed by atoms with Crippen molar-refractivity contribution in [3.8, 4) is 22.5 Å². The van der Waals surface area contributed by atoms with E-state index in [1.54, 1.807) is 0 Å². The van der Waals surface area contributed by atoms with E-state index in [1.165, 1.54) is 19.3 Å². The van der Waals surface area contributed by atoms with Crippen molar-refractivity contribution >= 4 is 11.7 Å². The summed E-state index contributed by atoms with van der Waals surface area (Å²) in [6.45, 7) is 4.83. The summed E-state index contributed by atoms with van der Waals surface area (Å²) < 4.78 is 0. The molecular weight excluding hydrogens is 436 g/mol. The van der Waals surface area contributed by atoms with Crippen LogP contribution in [-0.2, 0) is 11.3 Å². The van der Waals surface area contributed by atoms with Crippen LogP contribution in [0.4, 0.5) is 0 Å². The fraction of sp³-hybridized carbons (Fsp3) is 0.464. The number of carbonyl (C=O) groups is 1. The molecule has 1 aliphatic carbocycles. The number of carbonyl (C=O) groups excluding carboxylic acids is 1. The van der Waals surface area contributed by atoms with Gasteiger partial charge in [-0.3, -0.25) is 14.7 Å². The topological polar surface area (TPSA) is 87.1 Å². The minimum Gasteiger partial charge on any atom is -0.294 e. The Hall–Kier alpha value is -3.35. The first-order chi connectivity index (χ1) is 17.1. The molecule has 2 aliphatic rings. The lowest BCUT2D eigenvalue weighted by Gasteiger charge is -2.33. The average molecular weight is 471 g/mol. The first-order valence-electron chi connectivity index (χ1n) is 12.9. The molecule has 1 aromatic heterocycles. The van der Waals surface area contributed by atoms with Crippen molar-refractivity contribution < 1.29 is 4.79 Å². The number of aliphatic imine (C=N–C) groups is 1. The number of nitrogens with zero attached hydrogens (tertiary/aromatic N) is 5. The molecule has 1 fully saturated rings. The van der Waals surface area contributed by atoms with E-state index in [1.807, 2.05) is 23.1 Å². The summed E-state index contributed by atoms with van der Waals surface area (Å²) in [6, 6.07) is 16.5. The van der Waals surface area contributed by atoms with Gasteiger partial charge in [0.25, 0.3) is 5.91 Å². The molecule has 35 heavy (non-hydrogen) atoms. The summed E-state index contributed by atoms with van der Waals surface area (Å²) in [5.74, 6) is 2.08. The highest BCUT2D eigenvalue weighted by molar-refractivity contribution is 6.08. The Morgan fingerprint density at radius 2 is 1.77 bits per heavy atom. The van der Waals surface area contributed by atoms with Gasteiger partial charge >= 0.3 is 0 Å². The lowest BCUT2D eigenvalue weighted by molar-refractivity contribution is -0.133. The minimum atomic E-state index is -0.604. The van der Waals surface area contributed by atoms with Crippen molar-refractivity contribution in [2.45, 2.75) is 77.3 Å². The van der Waals surface area contributed by atoms with Gasteiger partial charge < -0.3 is 0 Å². The summed E-state index contributed by atoms with van der Waals surface area (Å²) in [4.78, 5) is 20.8. The Bertz CT molecular complexity index is 1180. The standard InChI is InChI=1S/C28H34N6O/c1-3-4-14-25-29-28(2,22-10-6-5-7-11-22)27(35)34(25)19-20-15-17-21(18-16-20)23-12-8-9-13-24(23)26-30-32-33-31-26/h8-9,12-13,15-18,22H,3-7,10-11,14,19H2,1-2H3,(H,30,31,32,33)/t28-/m1/s1. The molecule has 0 bridgehead atoms. The van der Waals surface area contributed by atoms with Gasteiger partial charge in [-0.2, -0.15) is 5.21 Å². The fourth-order valence-electron chi connectivity index (χ4n) is 5.56. The molecule has 2 aromatic carbocycles. The highest BCUT2D eigenvalue weighted by Gasteiger charge is 2.49. The number of tetrazole rings is 1. The van der Waals surface area contributed by atoms with Crippen LogP contribution in [0.2, 0.25) is 0 Å². The number of hydrogen-bond donors (Lipinski definition) is 1. The van der Waals surface area contributed by atoms with E-state index >= 15 is 0 Å². The van der Waals surface area contributed by atoms with Gasteiger partial charge in [-0.05, 0) is 54.0 Å². The molecule has 182 valence electrons. The molecule has 0 radical (unpaired) electrons. The summed E-state index contributed by atoms with van der Waals surface area (Å²) in [7, 11) is 0. The van der Waals surface area contributed by atoms with Crippen molar-refractivity contribution in [3.05, 3.63) is 54.1 Å². The Morgan fingerprint density at radius 3 is 2.46 bits per heavy atom. The molecule has 1 aliphatic heterocycles. The van der Waals surface area contributed by atoms with Crippen LogP contribution in [0.15, 0.2) is 53.5 Å². The molecule has 2 heterocycles. The number of hydrogen-bond acceptors (Lipinski definition) is 5. The van der Waals surface area contributed by atoms with E-state index in [4.69, 9.17) is 4.99 Å². The first-order valence-corrected chi connectivity index (χ1v) is 12.9. The highest BCUT2D eigenvalue weighted by Crippen LogP contribution is 2.40. The number of amides is 1. The SMILES string of the molecule is CCCCC1=N[C@](C)(C2CCCCC2)C(=O)N1Cc1ccc(-c2ccccc2-c2nn[nH]n2)cc1. The summed E-state index contributed by atoms with van der Waals surface area (Å²) in [6.07, 6.45) is 8.91. The summed E-state index contributed by atoms with van der Waals surface area (Å²) >= 11 is 0. The van der Waals surface area contributed by atoms with Crippen LogP contribution in [0.25, 0.3) is 22.5 Å². The van der Waals surface area contributed by atoms with Gasteiger partial charge in [-0.25, -0.2) is 0 Å². The van der Waals surface area contributed by atoms with Crippen LogP contribution >= 0.6 is 0 Å². The largest absolute Gasteiger partial charge is 0.294 e. The second-order valence-corrected chi connectivity index (χ2v) is 9.98. The van der Waals surface area contributed by atoms with Crippen molar-refractivity contribution in [3.63, 3.8) is 0 Å². The molecular formula is C28H34N6O. The van der Waals surface area contributed by atoms with Crippen LogP contribution in [-0.4, -0.2) is 42.8 Å². The molecule has 1 saturated carbocycles. The third kappa shape index (κ3) is 4.64. The molecule has 1 amide bonds. The molecule has 1 atom stereocenters. The van der Waals surface area contributed by atoms with Gasteiger partial charge in [-0.15, -0.1) is 10.2 Å². The number of benzene rings is 2. The zero-order valence-electron chi connectivity index (χ0n) is 20.7. The van der Waals surface area contributed by atoms with Crippen LogP contribution in [0, 0.1) is 5.92 Å². The molecule has 0 spiro atoms. The molecule has 3 aromatic rings. The van der Waals surface area contributed by atoms with E-state index in [0.29, 0.717) is 18.3 Å². The number of rotatable bonds is 8. The Kier molecular flexibility index (Phi) is 6.75. The molecule has 0 unspecified atom stereocenters. The van der Waals surface area contributed by atoms with Gasteiger partial charge in [0.2, 0.25) is 5.82 Å². The van der Waals surface area contributed by atoms with Crippen LogP contribution in [0.3, 0.4) is 0 Å². The molecule has 5 rings (SSSR count). The lowest BCUT2D eigenvalue weighted by atomic mass is 9.75. The minimum absolute atomic E-state index is 0.182. The van der Waals surface area contributed by atoms with Crippen LogP contribution < -0.4 is 0 Å². The lowest BCUT2D eigenvalue weighted by Crippen LogP contribution is -2.45. The maximum atomic E-state index is 13.8. The van der Waals surface area contributed by atoms with E-state index in [0.717, 1.165) is 60.2 Å². The molecule has 1 N–H and O–H groups in total. The Morgan fingerprint density at radius 1 is 1.03 bits per heavy atom. The number of aromatic nitrogens is 4. The zero-order chi connectivity index (χ0) is 24.3. The molecule has 7 heteroatoms. The second-order valence-electron chi connectivity index (χ2n) is 9.98. The third-order valence-corrected chi connectivity index (χ3v) is 7.62. The van der Waals surface area contributed by atoms with Gasteiger partial charge in [0.15, 0.2) is 0 Å². The van der Waals surface area contributed by atoms with E-state index in [-0.39, 0.29) is 5.91 Å². The number of amidine groups is 1. The molecule has 0 saturated heterocycles. The monoisotopic (exact) mass is 470 g/mol. The number of unbranched alkanes of at least 4 members (excludes halogenated alkanes) is 1. The van der Waals surface area contributed by atoms with Gasteiger partial charge in [-0.1, -0.05) is 81.1 Å². The Labute approximate surface area is 207 Å². The predicted octanol–water partition coefficient (Wildman–Crippen LogP) is 5.80. The third-order valence-electron chi connectivity index (χ3n) is 7.62. The van der Waals surface area contributed by atoms with Gasteiger partial charge in [0.1, 0.15) is 11.4 Å². The smallest absolute Gasteiger partial charge is 0.256 e. The number of aromatic amines is 1. The van der Waals surface area contributed by atoms with Gasteiger partial charge in [0, 0.05) is 12.0 Å². The maximum absolute atomic E-state index is 13.8. The van der Waals surface area contributed by atoms with E-state index < -0.39 is 5.54 Å². The summed E-state index contributed by atoms with van der Waals surface area (Å²) in [5.41, 5.74) is 3.56. The van der Waals surface area contributed by atoms with Crippen molar-refractivity contribution in [1.29, 1.82) is 0 Å². The van der Waals surface area contributed by atoms with Crippen LogP contribution in [0.5, 0.6) is 0 Å². The van der Waals surface area contributed by atoms with Crippen LogP contribution in [0.1, 0.15) is 70.8 Å². The highest BCUT2D eigenvalue weighted by atomic mass is 16.2. The predicted molar refractivity (Wildman–Crippen MR) is 138 cm³/mol. The summed E-state index contributed by atoms with van der Waals surface area (Å²) in [5, 5.41) is 14.5. The average Bonchev–Trinajstić information content (AvgIpc) is 3.52. The Balaban J connectivity index is 1.38. The van der Waals surface area contributed by atoms with Crippen molar-refractivity contribution in [2.75, 3.05) is 0 Å². The quantitative estimate of drug-likeness (QED) is 0.450. The fourth-order valence-corrected chi connectivity index (χ4v) is 5.56. The first kappa shape index (κ1) is 23.4. The zero-order valence-corrected chi connectivity index (χ0v) is 20.7. The number of nitrogens with one attached hydrogen (secondary N) is 1. The van der Waals surface area contributed by atoms with E-state index in [9.17, 15) is 4.79 Å². The van der Waals surface area contributed by atoms with Gasteiger partial charge in [0.05, 0.1) is 6.54 Å². The maximum Gasteiger partial charge on any atom is 0.256 e. The van der Waals surface area contributed by atoms with Crippen molar-refractivity contribution in [2.24, 2.45) is 10.9 Å². The number of H-pyrrole nitrogens is 1.